The molecule has 1 aromatic carbocycles. The van der Waals surface area contributed by atoms with Crippen molar-refractivity contribution in [3.05, 3.63) is 23.8 Å². The summed E-state index contributed by atoms with van der Waals surface area (Å²) in [4.78, 5) is 27.4. The summed E-state index contributed by atoms with van der Waals surface area (Å²) in [5, 5.41) is 0. The Morgan fingerprint density at radius 1 is 1.07 bits per heavy atom. The topological polar surface area (TPSA) is 65.1 Å². The minimum Gasteiger partial charge on any atom is -0.455 e. The first kappa shape index (κ1) is 18.8. The molecule has 4 bridgehead atoms. The van der Waals surface area contributed by atoms with E-state index in [2.05, 4.69) is 0 Å². The van der Waals surface area contributed by atoms with E-state index in [1.807, 2.05) is 25.1 Å². The number of benzene rings is 1. The summed E-state index contributed by atoms with van der Waals surface area (Å²) >= 11 is 0. The molecule has 1 aromatic rings. The van der Waals surface area contributed by atoms with Gasteiger partial charge in [0, 0.05) is 13.1 Å². The van der Waals surface area contributed by atoms with Crippen LogP contribution in [-0.4, -0.2) is 36.7 Å². The number of esters is 1. The van der Waals surface area contributed by atoms with Crippen LogP contribution in [0.3, 0.4) is 0 Å². The molecule has 29 heavy (non-hydrogen) atoms. The van der Waals surface area contributed by atoms with Crippen LogP contribution in [0.15, 0.2) is 18.2 Å². The highest BCUT2D eigenvalue weighted by molar-refractivity contribution is 5.83. The third kappa shape index (κ3) is 3.47. The van der Waals surface area contributed by atoms with Crippen LogP contribution in [0, 0.1) is 23.2 Å². The summed E-state index contributed by atoms with van der Waals surface area (Å²) in [7, 11) is 0. The number of rotatable bonds is 6. The first-order valence-electron chi connectivity index (χ1n) is 10.9. The zero-order valence-corrected chi connectivity index (χ0v) is 17.0. The van der Waals surface area contributed by atoms with E-state index in [-0.39, 0.29) is 30.7 Å². The SMILES string of the molecule is CCN(Cc1ccc2c(c1)OCO2)C(=O)COC(=O)C12CC3CC(CC(C3)C1)C2. The van der Waals surface area contributed by atoms with Gasteiger partial charge in [-0.1, -0.05) is 6.07 Å². The Hall–Kier alpha value is -2.24. The number of hydrogen-bond acceptors (Lipinski definition) is 5. The van der Waals surface area contributed by atoms with Gasteiger partial charge in [-0.3, -0.25) is 9.59 Å². The summed E-state index contributed by atoms with van der Waals surface area (Å²) in [6.45, 7) is 3.02. The summed E-state index contributed by atoms with van der Waals surface area (Å²) in [6, 6.07) is 5.70. The van der Waals surface area contributed by atoms with Crippen molar-refractivity contribution in [2.75, 3.05) is 19.9 Å². The molecule has 4 aliphatic carbocycles. The van der Waals surface area contributed by atoms with Gasteiger partial charge in [-0.2, -0.15) is 0 Å². The number of likely N-dealkylation sites (N-methyl/N-ethyl adjacent to an activating group) is 1. The van der Waals surface area contributed by atoms with Crippen LogP contribution >= 0.6 is 0 Å². The number of carbonyl (C=O) groups excluding carboxylic acids is 2. The third-order valence-corrected chi connectivity index (χ3v) is 7.34. The maximum atomic E-state index is 13.0. The second-order valence-electron chi connectivity index (χ2n) is 9.37. The summed E-state index contributed by atoms with van der Waals surface area (Å²) < 4.78 is 16.4. The van der Waals surface area contributed by atoms with E-state index in [0.717, 1.165) is 30.6 Å². The number of carbonyl (C=O) groups is 2. The van der Waals surface area contributed by atoms with Crippen LogP contribution in [0.25, 0.3) is 0 Å². The average Bonchev–Trinajstić information content (AvgIpc) is 3.16. The van der Waals surface area contributed by atoms with Gasteiger partial charge >= 0.3 is 5.97 Å². The molecule has 0 aromatic heterocycles. The van der Waals surface area contributed by atoms with Gasteiger partial charge in [0.05, 0.1) is 5.41 Å². The number of hydrogen-bond donors (Lipinski definition) is 0. The average molecular weight is 399 g/mol. The first-order chi connectivity index (χ1) is 14.0. The van der Waals surface area contributed by atoms with E-state index in [0.29, 0.717) is 36.6 Å². The number of amides is 1. The molecular weight excluding hydrogens is 370 g/mol. The van der Waals surface area contributed by atoms with Gasteiger partial charge in [0.15, 0.2) is 18.1 Å². The molecule has 6 heteroatoms. The summed E-state index contributed by atoms with van der Waals surface area (Å²) in [5.74, 6) is 3.20. The molecule has 0 N–H and O–H groups in total. The van der Waals surface area contributed by atoms with Gasteiger partial charge in [-0.05, 0) is 80.9 Å². The molecule has 5 aliphatic rings. The molecule has 1 heterocycles. The molecule has 1 amide bonds. The van der Waals surface area contributed by atoms with Crippen LogP contribution in [0.4, 0.5) is 0 Å². The van der Waals surface area contributed by atoms with Crippen LogP contribution < -0.4 is 9.47 Å². The third-order valence-electron chi connectivity index (χ3n) is 7.34. The minimum absolute atomic E-state index is 0.135. The van der Waals surface area contributed by atoms with E-state index in [4.69, 9.17) is 14.2 Å². The number of nitrogens with zero attached hydrogens (tertiary/aromatic N) is 1. The van der Waals surface area contributed by atoms with E-state index in [1.54, 1.807) is 4.90 Å². The maximum absolute atomic E-state index is 13.0. The highest BCUT2D eigenvalue weighted by Gasteiger charge is 2.55. The second kappa shape index (κ2) is 7.22. The molecule has 4 fully saturated rings. The largest absolute Gasteiger partial charge is 0.455 e. The van der Waals surface area contributed by atoms with Gasteiger partial charge in [-0.25, -0.2) is 0 Å². The fourth-order valence-corrected chi connectivity index (χ4v) is 6.37. The quantitative estimate of drug-likeness (QED) is 0.685. The van der Waals surface area contributed by atoms with Crippen molar-refractivity contribution < 1.29 is 23.8 Å². The lowest BCUT2D eigenvalue weighted by molar-refractivity contribution is -0.174. The van der Waals surface area contributed by atoms with Crippen LogP contribution in [0.2, 0.25) is 0 Å². The van der Waals surface area contributed by atoms with E-state index in [1.165, 1.54) is 19.3 Å². The Bertz CT molecular complexity index is 784. The zero-order chi connectivity index (χ0) is 20.0. The Morgan fingerprint density at radius 2 is 1.72 bits per heavy atom. The number of ether oxygens (including phenoxy) is 3. The monoisotopic (exact) mass is 399 g/mol. The normalized spacial score (nSPS) is 31.0. The van der Waals surface area contributed by atoms with Crippen LogP contribution in [-0.2, 0) is 20.9 Å². The van der Waals surface area contributed by atoms with Gasteiger partial charge < -0.3 is 19.1 Å². The fourth-order valence-electron chi connectivity index (χ4n) is 6.37. The lowest BCUT2D eigenvalue weighted by Gasteiger charge is -2.55. The fraction of sp³-hybridized carbons (Fsp3) is 0.652. The predicted octanol–water partition coefficient (Wildman–Crippen LogP) is 3.52. The van der Waals surface area contributed by atoms with Gasteiger partial charge in [0.1, 0.15) is 0 Å². The summed E-state index contributed by atoms with van der Waals surface area (Å²) in [6.07, 6.45) is 6.72. The molecule has 156 valence electrons. The summed E-state index contributed by atoms with van der Waals surface area (Å²) in [5.41, 5.74) is 0.653. The molecule has 4 saturated carbocycles. The lowest BCUT2D eigenvalue weighted by Crippen LogP contribution is -2.51. The molecular formula is C23H29NO5. The highest BCUT2D eigenvalue weighted by atomic mass is 16.7. The first-order valence-corrected chi connectivity index (χ1v) is 10.9. The van der Waals surface area contributed by atoms with Gasteiger partial charge in [0.25, 0.3) is 5.91 Å². The van der Waals surface area contributed by atoms with Crippen molar-refractivity contribution in [1.29, 1.82) is 0 Å². The van der Waals surface area contributed by atoms with Crippen molar-refractivity contribution >= 4 is 11.9 Å². The molecule has 0 spiro atoms. The van der Waals surface area contributed by atoms with Crippen molar-refractivity contribution in [2.45, 2.75) is 52.0 Å². The smallest absolute Gasteiger partial charge is 0.312 e. The van der Waals surface area contributed by atoms with Crippen molar-refractivity contribution in [1.82, 2.24) is 4.90 Å². The van der Waals surface area contributed by atoms with E-state index in [9.17, 15) is 9.59 Å². The van der Waals surface area contributed by atoms with Gasteiger partial charge in [0.2, 0.25) is 6.79 Å². The molecule has 0 unspecified atom stereocenters. The Kier molecular flexibility index (Phi) is 4.67. The van der Waals surface area contributed by atoms with Gasteiger partial charge in [-0.15, -0.1) is 0 Å². The van der Waals surface area contributed by atoms with Crippen molar-refractivity contribution in [2.24, 2.45) is 23.2 Å². The Morgan fingerprint density at radius 3 is 2.38 bits per heavy atom. The Balaban J connectivity index is 1.19. The van der Waals surface area contributed by atoms with Crippen LogP contribution in [0.5, 0.6) is 11.5 Å². The molecule has 6 nitrogen and oxygen atoms in total. The van der Waals surface area contributed by atoms with Crippen molar-refractivity contribution in [3.63, 3.8) is 0 Å². The second-order valence-corrected chi connectivity index (χ2v) is 9.37. The lowest BCUT2D eigenvalue weighted by atomic mass is 9.49. The molecule has 6 rings (SSSR count). The van der Waals surface area contributed by atoms with E-state index >= 15 is 0 Å². The molecule has 0 radical (unpaired) electrons. The number of fused-ring (bicyclic) bond motifs is 1. The minimum atomic E-state index is -0.316. The predicted molar refractivity (Wildman–Crippen MR) is 105 cm³/mol. The highest BCUT2D eigenvalue weighted by Crippen LogP contribution is 2.60. The molecule has 1 aliphatic heterocycles. The van der Waals surface area contributed by atoms with Crippen LogP contribution in [0.1, 0.15) is 51.0 Å². The molecule has 0 atom stereocenters. The van der Waals surface area contributed by atoms with E-state index < -0.39 is 0 Å². The maximum Gasteiger partial charge on any atom is 0.312 e. The molecule has 0 saturated heterocycles. The zero-order valence-electron chi connectivity index (χ0n) is 17.0. The standard InChI is InChI=1S/C23H29NO5/c1-2-24(12-15-3-4-19-20(8-15)29-14-28-19)21(25)13-27-22(26)23-9-16-5-17(10-23)7-18(6-16)11-23/h3-4,8,16-18H,2,5-7,9-14H2,1H3. The van der Waals surface area contributed by atoms with Crippen molar-refractivity contribution in [3.8, 4) is 11.5 Å². The Labute approximate surface area is 171 Å².